The Morgan fingerprint density at radius 3 is 2.76 bits per heavy atom. The highest BCUT2D eigenvalue weighted by Gasteiger charge is 2.00. The largest absolute Gasteiger partial charge is 0.357 e. The van der Waals surface area contributed by atoms with Gasteiger partial charge in [0.15, 0.2) is 5.96 Å². The van der Waals surface area contributed by atoms with Gasteiger partial charge in [-0.3, -0.25) is 4.99 Å². The molecule has 0 amide bonds. The number of hydrogen-bond donors (Lipinski definition) is 2. The molecule has 120 valence electrons. The topological polar surface area (TPSA) is 49.3 Å². The van der Waals surface area contributed by atoms with Crippen molar-refractivity contribution in [3.05, 3.63) is 16.1 Å². The molecule has 0 saturated heterocycles. The average Bonchev–Trinajstić information content (AvgIpc) is 2.85. The van der Waals surface area contributed by atoms with Crippen LogP contribution in [0.3, 0.4) is 0 Å². The second-order valence-electron chi connectivity index (χ2n) is 5.71. The first-order valence-corrected chi connectivity index (χ1v) is 8.93. The third-order valence-corrected chi connectivity index (χ3v) is 4.11. The molecule has 4 nitrogen and oxygen atoms in total. The van der Waals surface area contributed by atoms with Crippen molar-refractivity contribution < 1.29 is 0 Å². The number of thiazole rings is 1. The van der Waals surface area contributed by atoms with Crippen LogP contribution in [-0.2, 0) is 6.42 Å². The van der Waals surface area contributed by atoms with Gasteiger partial charge < -0.3 is 10.6 Å². The van der Waals surface area contributed by atoms with Crippen LogP contribution in [0.2, 0.25) is 0 Å². The second kappa shape index (κ2) is 10.6. The van der Waals surface area contributed by atoms with E-state index in [-0.39, 0.29) is 0 Å². The van der Waals surface area contributed by atoms with Gasteiger partial charge in [-0.05, 0) is 39.0 Å². The summed E-state index contributed by atoms with van der Waals surface area (Å²) in [5, 5.41) is 10.0. The van der Waals surface area contributed by atoms with Crippen LogP contribution in [0.4, 0.5) is 0 Å². The Hall–Kier alpha value is -1.10. The van der Waals surface area contributed by atoms with E-state index in [0.717, 1.165) is 50.0 Å². The van der Waals surface area contributed by atoms with Gasteiger partial charge in [0, 0.05) is 37.1 Å². The highest BCUT2D eigenvalue weighted by atomic mass is 32.1. The molecule has 0 atom stereocenters. The van der Waals surface area contributed by atoms with Gasteiger partial charge in [-0.1, -0.05) is 13.8 Å². The fourth-order valence-corrected chi connectivity index (χ4v) is 2.82. The highest BCUT2D eigenvalue weighted by Crippen LogP contribution is 2.10. The lowest BCUT2D eigenvalue weighted by Crippen LogP contribution is -2.38. The van der Waals surface area contributed by atoms with Crippen molar-refractivity contribution in [2.45, 2.75) is 53.4 Å². The molecule has 21 heavy (non-hydrogen) atoms. The third kappa shape index (κ3) is 8.71. The minimum atomic E-state index is 0.771. The molecule has 1 rings (SSSR count). The first-order valence-electron chi connectivity index (χ1n) is 8.05. The van der Waals surface area contributed by atoms with Crippen LogP contribution in [0, 0.1) is 12.8 Å². The molecule has 1 heterocycles. The van der Waals surface area contributed by atoms with Crippen molar-refractivity contribution >= 4 is 17.3 Å². The molecular weight excluding hydrogens is 280 g/mol. The molecule has 1 aromatic heterocycles. The van der Waals surface area contributed by atoms with Crippen LogP contribution in [-0.4, -0.2) is 30.6 Å². The lowest BCUT2D eigenvalue weighted by molar-refractivity contribution is 0.549. The van der Waals surface area contributed by atoms with E-state index in [4.69, 9.17) is 0 Å². The molecule has 0 radical (unpaired) electrons. The average molecular weight is 311 g/mol. The Morgan fingerprint density at radius 2 is 2.14 bits per heavy atom. The molecule has 0 bridgehead atoms. The lowest BCUT2D eigenvalue weighted by atomic mass is 10.1. The Balaban J connectivity index is 2.23. The first kappa shape index (κ1) is 18.0. The predicted octanol–water partition coefficient (Wildman–Crippen LogP) is 3.38. The number of nitrogens with one attached hydrogen (secondary N) is 2. The van der Waals surface area contributed by atoms with Crippen molar-refractivity contribution in [1.82, 2.24) is 15.6 Å². The summed E-state index contributed by atoms with van der Waals surface area (Å²) in [4.78, 5) is 9.10. The number of aliphatic imine (C=N–C) groups is 1. The van der Waals surface area contributed by atoms with E-state index in [1.54, 1.807) is 11.3 Å². The van der Waals surface area contributed by atoms with Crippen molar-refractivity contribution in [3.8, 4) is 0 Å². The first-order chi connectivity index (χ1) is 10.1. The van der Waals surface area contributed by atoms with Crippen molar-refractivity contribution in [3.63, 3.8) is 0 Å². The van der Waals surface area contributed by atoms with Crippen molar-refractivity contribution in [2.24, 2.45) is 10.9 Å². The Bertz CT molecular complexity index is 412. The summed E-state index contributed by atoms with van der Waals surface area (Å²) in [7, 11) is 0. The Morgan fingerprint density at radius 1 is 1.33 bits per heavy atom. The van der Waals surface area contributed by atoms with Gasteiger partial charge >= 0.3 is 0 Å². The summed E-state index contributed by atoms with van der Waals surface area (Å²) in [6.45, 7) is 11.4. The normalized spacial score (nSPS) is 12.0. The summed E-state index contributed by atoms with van der Waals surface area (Å²) in [5.74, 6) is 1.71. The summed E-state index contributed by atoms with van der Waals surface area (Å²) >= 11 is 1.75. The summed E-state index contributed by atoms with van der Waals surface area (Å²) in [6.07, 6.45) is 4.53. The van der Waals surface area contributed by atoms with E-state index in [2.05, 4.69) is 46.8 Å². The highest BCUT2D eigenvalue weighted by molar-refractivity contribution is 7.09. The number of aromatic nitrogens is 1. The quantitative estimate of drug-likeness (QED) is 0.418. The van der Waals surface area contributed by atoms with Gasteiger partial charge in [0.05, 0.1) is 5.01 Å². The van der Waals surface area contributed by atoms with E-state index >= 15 is 0 Å². The SMILES string of the molecule is CCNC(=NCCCc1nc(C)cs1)NCCCC(C)C. The van der Waals surface area contributed by atoms with Crippen LogP contribution in [0.25, 0.3) is 0 Å². The zero-order valence-corrected chi connectivity index (χ0v) is 14.7. The minimum Gasteiger partial charge on any atom is -0.357 e. The molecule has 1 aromatic rings. The molecular formula is C16H30N4S. The maximum atomic E-state index is 4.62. The van der Waals surface area contributed by atoms with Gasteiger partial charge in [0.25, 0.3) is 0 Å². The lowest BCUT2D eigenvalue weighted by Gasteiger charge is -2.11. The number of hydrogen-bond acceptors (Lipinski definition) is 3. The number of aryl methyl sites for hydroxylation is 2. The predicted molar refractivity (Wildman–Crippen MR) is 93.2 cm³/mol. The van der Waals surface area contributed by atoms with Crippen LogP contribution in [0.1, 0.15) is 50.7 Å². The van der Waals surface area contributed by atoms with Gasteiger partial charge in [-0.25, -0.2) is 4.98 Å². The molecule has 0 spiro atoms. The molecule has 0 aliphatic carbocycles. The minimum absolute atomic E-state index is 0.771. The van der Waals surface area contributed by atoms with Crippen LogP contribution in [0.5, 0.6) is 0 Å². The van der Waals surface area contributed by atoms with Crippen molar-refractivity contribution in [1.29, 1.82) is 0 Å². The van der Waals surface area contributed by atoms with E-state index in [0.29, 0.717) is 0 Å². The number of nitrogens with zero attached hydrogens (tertiary/aromatic N) is 2. The summed E-state index contributed by atoms with van der Waals surface area (Å²) < 4.78 is 0. The zero-order valence-electron chi connectivity index (χ0n) is 13.9. The number of guanidine groups is 1. The Kier molecular flexibility index (Phi) is 9.06. The fourth-order valence-electron chi connectivity index (χ4n) is 2.00. The molecule has 5 heteroatoms. The molecule has 2 N–H and O–H groups in total. The van der Waals surface area contributed by atoms with Gasteiger partial charge in [-0.15, -0.1) is 11.3 Å². The van der Waals surface area contributed by atoms with E-state index in [9.17, 15) is 0 Å². The second-order valence-corrected chi connectivity index (χ2v) is 6.65. The number of rotatable bonds is 9. The zero-order chi connectivity index (χ0) is 15.5. The molecule has 0 aliphatic heterocycles. The smallest absolute Gasteiger partial charge is 0.191 e. The maximum Gasteiger partial charge on any atom is 0.191 e. The maximum absolute atomic E-state index is 4.62. The molecule has 0 saturated carbocycles. The molecule has 0 aromatic carbocycles. The molecule has 0 unspecified atom stereocenters. The fraction of sp³-hybridized carbons (Fsp3) is 0.750. The Labute approximate surface area is 133 Å². The monoisotopic (exact) mass is 310 g/mol. The summed E-state index contributed by atoms with van der Waals surface area (Å²) in [6, 6.07) is 0. The third-order valence-electron chi connectivity index (χ3n) is 3.08. The van der Waals surface area contributed by atoms with Gasteiger partial charge in [-0.2, -0.15) is 0 Å². The molecule has 0 fully saturated rings. The van der Waals surface area contributed by atoms with Crippen LogP contribution >= 0.6 is 11.3 Å². The standard InChI is InChI=1S/C16H30N4S/c1-5-17-16(18-10-6-8-13(2)3)19-11-7-9-15-20-14(4)12-21-15/h12-13H,5-11H2,1-4H3,(H2,17,18,19). The van der Waals surface area contributed by atoms with Crippen LogP contribution in [0.15, 0.2) is 10.4 Å². The van der Waals surface area contributed by atoms with Gasteiger partial charge in [0.1, 0.15) is 0 Å². The van der Waals surface area contributed by atoms with E-state index < -0.39 is 0 Å². The molecule has 0 aliphatic rings. The van der Waals surface area contributed by atoms with E-state index in [1.807, 2.05) is 6.92 Å². The van der Waals surface area contributed by atoms with E-state index in [1.165, 1.54) is 17.8 Å². The van der Waals surface area contributed by atoms with Crippen LogP contribution < -0.4 is 10.6 Å². The van der Waals surface area contributed by atoms with Gasteiger partial charge in [0.2, 0.25) is 0 Å². The summed E-state index contributed by atoms with van der Waals surface area (Å²) in [5.41, 5.74) is 1.12. The van der Waals surface area contributed by atoms with Crippen molar-refractivity contribution in [2.75, 3.05) is 19.6 Å².